The van der Waals surface area contributed by atoms with Crippen LogP contribution in [0.25, 0.3) is 0 Å². The Labute approximate surface area is 100 Å². The summed E-state index contributed by atoms with van der Waals surface area (Å²) in [5.74, 6) is -0.623. The summed E-state index contributed by atoms with van der Waals surface area (Å²) in [4.78, 5) is 26.5. The molecule has 1 amide bonds. The zero-order chi connectivity index (χ0) is 12.3. The Kier molecular flexibility index (Phi) is 3.24. The van der Waals surface area contributed by atoms with Crippen LogP contribution in [0.1, 0.15) is 20.0 Å². The maximum absolute atomic E-state index is 12.7. The number of hydrogen-bond donors (Lipinski definition) is 1. The van der Waals surface area contributed by atoms with Gasteiger partial charge in [0.2, 0.25) is 0 Å². The average Bonchev–Trinajstić information content (AvgIpc) is 2.77. The summed E-state index contributed by atoms with van der Waals surface area (Å²) in [6, 6.07) is 5.10. The van der Waals surface area contributed by atoms with E-state index in [1.807, 2.05) is 0 Å². The Balaban J connectivity index is 2.17. The molecular formula is C11H7FN2O2S. The molecule has 0 bridgehead atoms. The number of aromatic nitrogens is 1. The van der Waals surface area contributed by atoms with Crippen molar-refractivity contribution >= 4 is 29.3 Å². The van der Waals surface area contributed by atoms with Gasteiger partial charge < -0.3 is 5.32 Å². The van der Waals surface area contributed by atoms with Crippen LogP contribution >= 0.6 is 11.3 Å². The van der Waals surface area contributed by atoms with Gasteiger partial charge in [-0.2, -0.15) is 0 Å². The zero-order valence-corrected chi connectivity index (χ0v) is 9.33. The molecule has 0 atom stereocenters. The van der Waals surface area contributed by atoms with Crippen molar-refractivity contribution in [1.82, 2.24) is 4.98 Å². The molecule has 2 rings (SSSR count). The van der Waals surface area contributed by atoms with Crippen LogP contribution < -0.4 is 5.32 Å². The molecule has 4 nitrogen and oxygen atoms in total. The van der Waals surface area contributed by atoms with Gasteiger partial charge in [-0.1, -0.05) is 0 Å². The number of benzene rings is 1. The number of thiazole rings is 1. The van der Waals surface area contributed by atoms with Gasteiger partial charge in [-0.3, -0.25) is 9.59 Å². The number of anilines is 1. The third-order valence-corrected chi connectivity index (χ3v) is 2.79. The highest BCUT2D eigenvalue weighted by molar-refractivity contribution is 7.11. The van der Waals surface area contributed by atoms with Crippen molar-refractivity contribution in [1.29, 1.82) is 0 Å². The molecule has 86 valence electrons. The lowest BCUT2D eigenvalue weighted by Gasteiger charge is -2.02. The van der Waals surface area contributed by atoms with Gasteiger partial charge in [0.1, 0.15) is 10.7 Å². The van der Waals surface area contributed by atoms with Crippen LogP contribution in [0.3, 0.4) is 0 Å². The average molecular weight is 250 g/mol. The minimum atomic E-state index is -0.431. The second kappa shape index (κ2) is 4.84. The molecule has 1 heterocycles. The predicted molar refractivity (Wildman–Crippen MR) is 61.9 cm³/mol. The molecule has 1 aromatic carbocycles. The summed E-state index contributed by atoms with van der Waals surface area (Å²) >= 11 is 1.14. The number of rotatable bonds is 3. The smallest absolute Gasteiger partial charge is 0.256 e. The van der Waals surface area contributed by atoms with E-state index in [0.717, 1.165) is 11.3 Å². The zero-order valence-electron chi connectivity index (χ0n) is 8.51. The molecule has 0 radical (unpaired) electrons. The van der Waals surface area contributed by atoms with Gasteiger partial charge in [0.15, 0.2) is 12.1 Å². The lowest BCUT2D eigenvalue weighted by molar-refractivity contribution is 0.102. The van der Waals surface area contributed by atoms with E-state index in [0.29, 0.717) is 16.7 Å². The van der Waals surface area contributed by atoms with Crippen molar-refractivity contribution in [2.75, 3.05) is 5.32 Å². The summed E-state index contributed by atoms with van der Waals surface area (Å²) in [6.45, 7) is 0. The highest BCUT2D eigenvalue weighted by Gasteiger charge is 2.10. The molecule has 17 heavy (non-hydrogen) atoms. The molecule has 0 saturated carbocycles. The van der Waals surface area contributed by atoms with Crippen LogP contribution in [0.2, 0.25) is 0 Å². The van der Waals surface area contributed by atoms with Crippen molar-refractivity contribution in [2.45, 2.75) is 0 Å². The second-order valence-electron chi connectivity index (χ2n) is 3.14. The standard InChI is InChI=1S/C11H7FN2O2S/c12-8-3-1-7(2-4-8)11(16)14-10-9(5-15)17-6-13-10/h1-6H,(H,14,16). The van der Waals surface area contributed by atoms with Gasteiger partial charge in [0.05, 0.1) is 5.51 Å². The predicted octanol–water partition coefficient (Wildman–Crippen LogP) is 2.35. The van der Waals surface area contributed by atoms with Crippen molar-refractivity contribution < 1.29 is 14.0 Å². The van der Waals surface area contributed by atoms with E-state index in [1.54, 1.807) is 0 Å². The first-order valence-electron chi connectivity index (χ1n) is 4.66. The van der Waals surface area contributed by atoms with E-state index in [1.165, 1.54) is 29.8 Å². The first-order chi connectivity index (χ1) is 8.20. The molecule has 6 heteroatoms. The topological polar surface area (TPSA) is 59.1 Å². The Morgan fingerprint density at radius 1 is 1.35 bits per heavy atom. The van der Waals surface area contributed by atoms with E-state index >= 15 is 0 Å². The molecule has 0 unspecified atom stereocenters. The first-order valence-corrected chi connectivity index (χ1v) is 5.54. The molecular weight excluding hydrogens is 243 g/mol. The Bertz CT molecular complexity index is 551. The molecule has 1 N–H and O–H groups in total. The number of carbonyl (C=O) groups is 2. The van der Waals surface area contributed by atoms with Gasteiger partial charge in [-0.25, -0.2) is 9.37 Å². The first kappa shape index (κ1) is 11.4. The van der Waals surface area contributed by atoms with Crippen molar-refractivity contribution in [3.8, 4) is 0 Å². The van der Waals surface area contributed by atoms with E-state index < -0.39 is 11.7 Å². The van der Waals surface area contributed by atoms with Gasteiger partial charge in [-0.05, 0) is 24.3 Å². The second-order valence-corrected chi connectivity index (χ2v) is 4.03. The summed E-state index contributed by atoms with van der Waals surface area (Å²) < 4.78 is 12.7. The van der Waals surface area contributed by atoms with Gasteiger partial charge in [-0.15, -0.1) is 11.3 Å². The molecule has 0 fully saturated rings. The van der Waals surface area contributed by atoms with E-state index in [9.17, 15) is 14.0 Å². The highest BCUT2D eigenvalue weighted by atomic mass is 32.1. The quantitative estimate of drug-likeness (QED) is 0.850. The normalized spacial score (nSPS) is 9.94. The number of aldehydes is 1. The van der Waals surface area contributed by atoms with Crippen molar-refractivity contribution in [2.24, 2.45) is 0 Å². The van der Waals surface area contributed by atoms with Gasteiger partial charge in [0.25, 0.3) is 5.91 Å². The van der Waals surface area contributed by atoms with Crippen LogP contribution in [0.15, 0.2) is 29.8 Å². The third-order valence-electron chi connectivity index (χ3n) is 2.04. The highest BCUT2D eigenvalue weighted by Crippen LogP contribution is 2.16. The lowest BCUT2D eigenvalue weighted by atomic mass is 10.2. The fourth-order valence-electron chi connectivity index (χ4n) is 1.21. The minimum Gasteiger partial charge on any atom is -0.305 e. The number of amides is 1. The monoisotopic (exact) mass is 250 g/mol. The van der Waals surface area contributed by atoms with E-state index in [-0.39, 0.29) is 5.82 Å². The number of carbonyl (C=O) groups excluding carboxylic acids is 2. The third kappa shape index (κ3) is 2.54. The van der Waals surface area contributed by atoms with Crippen LogP contribution in [0.5, 0.6) is 0 Å². The minimum absolute atomic E-state index is 0.222. The van der Waals surface area contributed by atoms with Crippen LogP contribution in [0.4, 0.5) is 10.2 Å². The lowest BCUT2D eigenvalue weighted by Crippen LogP contribution is -2.13. The van der Waals surface area contributed by atoms with Gasteiger partial charge >= 0.3 is 0 Å². The molecule has 0 aliphatic rings. The fourth-order valence-corrected chi connectivity index (χ4v) is 1.76. The molecule has 0 saturated heterocycles. The molecule has 0 spiro atoms. The summed E-state index contributed by atoms with van der Waals surface area (Å²) in [7, 11) is 0. The number of halogens is 1. The van der Waals surface area contributed by atoms with Crippen LogP contribution in [-0.4, -0.2) is 17.2 Å². The van der Waals surface area contributed by atoms with E-state index in [4.69, 9.17) is 0 Å². The molecule has 2 aromatic rings. The van der Waals surface area contributed by atoms with Crippen molar-refractivity contribution in [3.63, 3.8) is 0 Å². The molecule has 0 aliphatic carbocycles. The van der Waals surface area contributed by atoms with Crippen molar-refractivity contribution in [3.05, 3.63) is 46.0 Å². The Hall–Kier alpha value is -2.08. The maximum Gasteiger partial charge on any atom is 0.256 e. The van der Waals surface area contributed by atoms with Crippen LogP contribution in [0, 0.1) is 5.82 Å². The fraction of sp³-hybridized carbons (Fsp3) is 0. The Morgan fingerprint density at radius 2 is 2.06 bits per heavy atom. The number of nitrogens with one attached hydrogen (secondary N) is 1. The molecule has 0 aliphatic heterocycles. The van der Waals surface area contributed by atoms with Gasteiger partial charge in [0, 0.05) is 5.56 Å². The molecule has 1 aromatic heterocycles. The summed E-state index contributed by atoms with van der Waals surface area (Å²) in [5.41, 5.74) is 1.76. The summed E-state index contributed by atoms with van der Waals surface area (Å²) in [6.07, 6.45) is 0.623. The summed E-state index contributed by atoms with van der Waals surface area (Å²) in [5, 5.41) is 2.48. The largest absolute Gasteiger partial charge is 0.305 e. The van der Waals surface area contributed by atoms with Crippen LogP contribution in [-0.2, 0) is 0 Å². The van der Waals surface area contributed by atoms with E-state index in [2.05, 4.69) is 10.3 Å². The Morgan fingerprint density at radius 3 is 2.71 bits per heavy atom. The number of nitrogens with zero attached hydrogens (tertiary/aromatic N) is 1. The SMILES string of the molecule is O=Cc1scnc1NC(=O)c1ccc(F)cc1. The maximum atomic E-state index is 12.7. The number of hydrogen-bond acceptors (Lipinski definition) is 4.